The number of ketones is 1. The number of nitrogens with zero attached hydrogens (tertiary/aromatic N) is 1. The van der Waals surface area contributed by atoms with E-state index in [1.54, 1.807) is 37.6 Å². The van der Waals surface area contributed by atoms with Crippen molar-refractivity contribution in [2.45, 2.75) is 0 Å². The van der Waals surface area contributed by atoms with Gasteiger partial charge in [0.15, 0.2) is 5.78 Å². The van der Waals surface area contributed by atoms with E-state index in [1.807, 2.05) is 0 Å². The first-order valence-electron chi connectivity index (χ1n) is 5.04. The Bertz CT molecular complexity index is 590. The maximum Gasteiger partial charge on any atom is 0.189 e. The highest BCUT2D eigenvalue weighted by atomic mass is 16.5. The van der Waals surface area contributed by atoms with Gasteiger partial charge in [-0.05, 0) is 24.3 Å². The molecule has 17 heavy (non-hydrogen) atoms. The fraction of sp³-hybridized carbons (Fsp3) is 0.0769. The molecule has 86 valence electrons. The number of aromatic nitrogens is 1. The molecular weight excluding hydrogens is 218 g/mol. The SMILES string of the molecule is COc1ccc2nccc(C(=O)/C=C\O)c2c1. The van der Waals surface area contributed by atoms with Crippen molar-refractivity contribution in [1.82, 2.24) is 4.98 Å². The number of carbonyl (C=O) groups is 1. The maximum absolute atomic E-state index is 11.7. The lowest BCUT2D eigenvalue weighted by Gasteiger charge is -2.05. The van der Waals surface area contributed by atoms with Crippen molar-refractivity contribution in [1.29, 1.82) is 0 Å². The van der Waals surface area contributed by atoms with Crippen LogP contribution in [0.1, 0.15) is 10.4 Å². The Labute approximate surface area is 98.2 Å². The van der Waals surface area contributed by atoms with Gasteiger partial charge in [-0.2, -0.15) is 0 Å². The van der Waals surface area contributed by atoms with Crippen LogP contribution in [0.5, 0.6) is 5.75 Å². The molecule has 0 spiro atoms. The molecule has 0 atom stereocenters. The number of methoxy groups -OCH3 is 1. The van der Waals surface area contributed by atoms with Crippen molar-refractivity contribution >= 4 is 16.7 Å². The summed E-state index contributed by atoms with van der Waals surface area (Å²) >= 11 is 0. The molecule has 0 aliphatic carbocycles. The van der Waals surface area contributed by atoms with Crippen molar-refractivity contribution in [3.63, 3.8) is 0 Å². The average molecular weight is 229 g/mol. The number of hydrogen-bond acceptors (Lipinski definition) is 4. The molecule has 0 unspecified atom stereocenters. The van der Waals surface area contributed by atoms with Gasteiger partial charge in [-0.15, -0.1) is 0 Å². The van der Waals surface area contributed by atoms with Gasteiger partial charge in [-0.3, -0.25) is 9.78 Å². The van der Waals surface area contributed by atoms with E-state index in [1.165, 1.54) is 0 Å². The number of benzene rings is 1. The fourth-order valence-corrected chi connectivity index (χ4v) is 1.62. The highest BCUT2D eigenvalue weighted by molar-refractivity contribution is 6.12. The maximum atomic E-state index is 11.7. The van der Waals surface area contributed by atoms with Crippen molar-refractivity contribution in [2.24, 2.45) is 0 Å². The summed E-state index contributed by atoms with van der Waals surface area (Å²) < 4.78 is 5.11. The van der Waals surface area contributed by atoms with Gasteiger partial charge in [0.25, 0.3) is 0 Å². The molecule has 1 heterocycles. The third kappa shape index (κ3) is 2.10. The third-order valence-corrected chi connectivity index (χ3v) is 2.44. The van der Waals surface area contributed by atoms with Gasteiger partial charge in [-0.1, -0.05) is 0 Å². The Morgan fingerprint density at radius 3 is 2.94 bits per heavy atom. The standard InChI is InChI=1S/C13H11NO3/c1-17-9-2-3-12-11(8-9)10(4-6-14-12)13(16)5-7-15/h2-8,15H,1H3/b7-5-. The van der Waals surface area contributed by atoms with E-state index in [4.69, 9.17) is 9.84 Å². The van der Waals surface area contributed by atoms with Crippen molar-refractivity contribution in [3.05, 3.63) is 48.4 Å². The van der Waals surface area contributed by atoms with Gasteiger partial charge in [0.2, 0.25) is 0 Å². The number of aliphatic hydroxyl groups excluding tert-OH is 1. The van der Waals surface area contributed by atoms with Crippen LogP contribution in [-0.2, 0) is 0 Å². The fourth-order valence-electron chi connectivity index (χ4n) is 1.62. The highest BCUT2D eigenvalue weighted by Crippen LogP contribution is 2.22. The van der Waals surface area contributed by atoms with Crippen LogP contribution in [-0.4, -0.2) is 23.0 Å². The zero-order chi connectivity index (χ0) is 12.3. The molecule has 0 bridgehead atoms. The Kier molecular flexibility index (Phi) is 3.05. The second-order valence-electron chi connectivity index (χ2n) is 3.42. The number of aliphatic hydroxyl groups is 1. The van der Waals surface area contributed by atoms with E-state index in [2.05, 4.69) is 4.98 Å². The topological polar surface area (TPSA) is 59.4 Å². The average Bonchev–Trinajstić information content (AvgIpc) is 2.37. The van der Waals surface area contributed by atoms with Gasteiger partial charge < -0.3 is 9.84 Å². The minimum atomic E-state index is -0.270. The predicted octanol–water partition coefficient (Wildman–Crippen LogP) is 2.50. The molecule has 0 saturated carbocycles. The van der Waals surface area contributed by atoms with Crippen LogP contribution in [0.3, 0.4) is 0 Å². The summed E-state index contributed by atoms with van der Waals surface area (Å²) in [6, 6.07) is 6.93. The van der Waals surface area contributed by atoms with Crippen LogP contribution in [0.4, 0.5) is 0 Å². The Hall–Kier alpha value is -2.36. The molecule has 1 N–H and O–H groups in total. The van der Waals surface area contributed by atoms with Crippen molar-refractivity contribution in [2.75, 3.05) is 7.11 Å². The summed E-state index contributed by atoms with van der Waals surface area (Å²) in [5.41, 5.74) is 1.20. The molecule has 4 nitrogen and oxygen atoms in total. The van der Waals surface area contributed by atoms with Gasteiger partial charge in [0.1, 0.15) is 5.75 Å². The molecule has 0 amide bonds. The van der Waals surface area contributed by atoms with Gasteiger partial charge in [0.05, 0.1) is 18.9 Å². The van der Waals surface area contributed by atoms with Crippen LogP contribution >= 0.6 is 0 Å². The molecular formula is C13H11NO3. The van der Waals surface area contributed by atoms with E-state index in [-0.39, 0.29) is 5.78 Å². The van der Waals surface area contributed by atoms with Gasteiger partial charge in [-0.25, -0.2) is 0 Å². The smallest absolute Gasteiger partial charge is 0.189 e. The second kappa shape index (κ2) is 4.65. The van der Waals surface area contributed by atoms with E-state index in [0.717, 1.165) is 12.3 Å². The summed E-state index contributed by atoms with van der Waals surface area (Å²) in [6.45, 7) is 0. The third-order valence-electron chi connectivity index (χ3n) is 2.44. The second-order valence-corrected chi connectivity index (χ2v) is 3.42. The monoisotopic (exact) mass is 229 g/mol. The lowest BCUT2D eigenvalue weighted by atomic mass is 10.1. The van der Waals surface area contributed by atoms with Crippen LogP contribution in [0, 0.1) is 0 Å². The predicted molar refractivity (Wildman–Crippen MR) is 64.4 cm³/mol. The zero-order valence-electron chi connectivity index (χ0n) is 9.25. The molecule has 1 aromatic heterocycles. The van der Waals surface area contributed by atoms with Crippen LogP contribution in [0.25, 0.3) is 10.9 Å². The van der Waals surface area contributed by atoms with Crippen LogP contribution in [0.2, 0.25) is 0 Å². The number of fused-ring (bicyclic) bond motifs is 1. The molecule has 0 saturated heterocycles. The van der Waals surface area contributed by atoms with Crippen LogP contribution in [0.15, 0.2) is 42.8 Å². The summed E-state index contributed by atoms with van der Waals surface area (Å²) in [6.07, 6.45) is 3.40. The largest absolute Gasteiger partial charge is 0.515 e. The number of hydrogen-bond donors (Lipinski definition) is 1. The molecule has 0 aliphatic heterocycles. The first-order valence-corrected chi connectivity index (χ1v) is 5.04. The first-order chi connectivity index (χ1) is 8.26. The molecule has 0 fully saturated rings. The Balaban J connectivity index is 2.66. The minimum Gasteiger partial charge on any atom is -0.515 e. The summed E-state index contributed by atoms with van der Waals surface area (Å²) in [5.74, 6) is 0.390. The molecule has 4 heteroatoms. The molecule has 2 rings (SSSR count). The lowest BCUT2D eigenvalue weighted by Crippen LogP contribution is -1.97. The quantitative estimate of drug-likeness (QED) is 0.499. The Morgan fingerprint density at radius 2 is 2.24 bits per heavy atom. The number of rotatable bonds is 3. The van der Waals surface area contributed by atoms with E-state index >= 15 is 0 Å². The van der Waals surface area contributed by atoms with Crippen molar-refractivity contribution < 1.29 is 14.6 Å². The number of pyridine rings is 1. The van der Waals surface area contributed by atoms with E-state index < -0.39 is 0 Å². The molecule has 0 radical (unpaired) electrons. The molecule has 1 aromatic carbocycles. The molecule has 2 aromatic rings. The number of ether oxygens (including phenoxy) is 1. The summed E-state index contributed by atoms with van der Waals surface area (Å²) in [7, 11) is 1.56. The number of allylic oxidation sites excluding steroid dienone is 1. The van der Waals surface area contributed by atoms with Gasteiger partial charge >= 0.3 is 0 Å². The van der Waals surface area contributed by atoms with Gasteiger partial charge in [0, 0.05) is 23.2 Å². The molecule has 0 aliphatic rings. The van der Waals surface area contributed by atoms with E-state index in [0.29, 0.717) is 22.2 Å². The first kappa shape index (κ1) is 11.1. The Morgan fingerprint density at radius 1 is 1.41 bits per heavy atom. The zero-order valence-corrected chi connectivity index (χ0v) is 9.25. The minimum absolute atomic E-state index is 0.270. The normalized spacial score (nSPS) is 10.9. The van der Waals surface area contributed by atoms with Crippen molar-refractivity contribution in [3.8, 4) is 5.75 Å². The number of carbonyl (C=O) groups excluding carboxylic acids is 1. The summed E-state index contributed by atoms with van der Waals surface area (Å²) in [5, 5.41) is 9.33. The van der Waals surface area contributed by atoms with E-state index in [9.17, 15) is 4.79 Å². The lowest BCUT2D eigenvalue weighted by molar-refractivity contribution is 0.104. The highest BCUT2D eigenvalue weighted by Gasteiger charge is 2.08. The summed E-state index contributed by atoms with van der Waals surface area (Å²) in [4.78, 5) is 15.9. The van der Waals surface area contributed by atoms with Crippen LogP contribution < -0.4 is 4.74 Å².